The normalized spacial score (nSPS) is 18.0. The quantitative estimate of drug-likeness (QED) is 0.871. The van der Waals surface area contributed by atoms with Crippen LogP contribution in [0.2, 0.25) is 5.02 Å². The van der Waals surface area contributed by atoms with Crippen LogP contribution < -0.4 is 0 Å². The second-order valence-electron chi connectivity index (χ2n) is 5.38. The first-order chi connectivity index (χ1) is 10.2. The number of rotatable bonds is 3. The fourth-order valence-electron chi connectivity index (χ4n) is 2.84. The van der Waals surface area contributed by atoms with Gasteiger partial charge in [0.25, 0.3) is 0 Å². The Labute approximate surface area is 129 Å². The summed E-state index contributed by atoms with van der Waals surface area (Å²) in [5.74, 6) is 0.508. The highest BCUT2D eigenvalue weighted by Crippen LogP contribution is 2.32. The Morgan fingerprint density at radius 3 is 2.90 bits per heavy atom. The van der Waals surface area contributed by atoms with Gasteiger partial charge in [0.1, 0.15) is 0 Å². The van der Waals surface area contributed by atoms with E-state index in [1.807, 2.05) is 35.2 Å². The lowest BCUT2D eigenvalue weighted by molar-refractivity contribution is -0.129. The molecule has 2 heterocycles. The Morgan fingerprint density at radius 2 is 2.14 bits per heavy atom. The molecule has 21 heavy (non-hydrogen) atoms. The van der Waals surface area contributed by atoms with Gasteiger partial charge in [0.2, 0.25) is 5.91 Å². The molecule has 1 aromatic heterocycles. The highest BCUT2D eigenvalue weighted by molar-refractivity contribution is 6.31. The third-order valence-electron chi connectivity index (χ3n) is 3.96. The highest BCUT2D eigenvalue weighted by atomic mass is 35.5. The molecule has 1 amide bonds. The number of nitrogens with zero attached hydrogens (tertiary/aromatic N) is 2. The third kappa shape index (κ3) is 3.24. The van der Waals surface area contributed by atoms with E-state index in [2.05, 4.69) is 11.1 Å². The Hall–Kier alpha value is -1.87. The first-order valence-corrected chi connectivity index (χ1v) is 7.53. The van der Waals surface area contributed by atoms with Gasteiger partial charge in [-0.3, -0.25) is 9.78 Å². The van der Waals surface area contributed by atoms with Gasteiger partial charge in [-0.15, -0.1) is 0 Å². The molecule has 1 atom stereocenters. The molecule has 1 aromatic carbocycles. The van der Waals surface area contributed by atoms with E-state index in [0.717, 1.165) is 35.7 Å². The Bertz CT molecular complexity index is 630. The summed E-state index contributed by atoms with van der Waals surface area (Å²) in [4.78, 5) is 18.3. The molecular formula is C17H17ClN2O. The molecule has 0 N–H and O–H groups in total. The molecule has 1 aliphatic rings. The minimum atomic E-state index is 0.164. The summed E-state index contributed by atoms with van der Waals surface area (Å²) < 4.78 is 0. The molecule has 0 spiro atoms. The maximum absolute atomic E-state index is 12.3. The van der Waals surface area contributed by atoms with Crippen LogP contribution in [0.3, 0.4) is 0 Å². The minimum Gasteiger partial charge on any atom is -0.342 e. The van der Waals surface area contributed by atoms with Crippen molar-refractivity contribution in [3.05, 3.63) is 64.9 Å². The van der Waals surface area contributed by atoms with Crippen molar-refractivity contribution < 1.29 is 4.79 Å². The average Bonchev–Trinajstić information content (AvgIpc) is 2.98. The van der Waals surface area contributed by atoms with Gasteiger partial charge >= 0.3 is 0 Å². The van der Waals surface area contributed by atoms with Crippen LogP contribution in [0.1, 0.15) is 23.5 Å². The summed E-state index contributed by atoms with van der Waals surface area (Å²) in [6.07, 6.45) is 4.86. The Morgan fingerprint density at radius 1 is 1.29 bits per heavy atom. The second-order valence-corrected chi connectivity index (χ2v) is 5.79. The van der Waals surface area contributed by atoms with Crippen LogP contribution in [0.4, 0.5) is 0 Å². The van der Waals surface area contributed by atoms with E-state index in [1.54, 1.807) is 12.4 Å². The summed E-state index contributed by atoms with van der Waals surface area (Å²) in [6, 6.07) is 11.7. The van der Waals surface area contributed by atoms with Crippen molar-refractivity contribution >= 4 is 17.5 Å². The molecule has 0 bridgehead atoms. The van der Waals surface area contributed by atoms with Crippen molar-refractivity contribution in [2.75, 3.05) is 13.1 Å². The van der Waals surface area contributed by atoms with Crippen LogP contribution in [0, 0.1) is 0 Å². The van der Waals surface area contributed by atoms with Crippen molar-refractivity contribution in [2.24, 2.45) is 0 Å². The van der Waals surface area contributed by atoms with E-state index in [1.165, 1.54) is 0 Å². The van der Waals surface area contributed by atoms with Crippen molar-refractivity contribution in [3.63, 3.8) is 0 Å². The van der Waals surface area contributed by atoms with Gasteiger partial charge in [0.15, 0.2) is 0 Å². The first-order valence-electron chi connectivity index (χ1n) is 7.15. The highest BCUT2D eigenvalue weighted by Gasteiger charge is 2.28. The maximum atomic E-state index is 12.3. The average molecular weight is 301 g/mol. The summed E-state index contributed by atoms with van der Waals surface area (Å²) in [5, 5.41) is 0.795. The summed E-state index contributed by atoms with van der Waals surface area (Å²) in [6.45, 7) is 1.55. The van der Waals surface area contributed by atoms with E-state index >= 15 is 0 Å². The van der Waals surface area contributed by atoms with Crippen LogP contribution in [0.5, 0.6) is 0 Å². The zero-order valence-electron chi connectivity index (χ0n) is 11.7. The number of halogens is 1. The Kier molecular flexibility index (Phi) is 4.20. The summed E-state index contributed by atoms with van der Waals surface area (Å²) >= 11 is 6.25. The van der Waals surface area contributed by atoms with Crippen LogP contribution in [0.15, 0.2) is 48.8 Å². The zero-order chi connectivity index (χ0) is 14.7. The predicted octanol–water partition coefficient (Wildman–Crippen LogP) is 3.29. The van der Waals surface area contributed by atoms with Crippen molar-refractivity contribution in [1.82, 2.24) is 9.88 Å². The first kappa shape index (κ1) is 14.1. The minimum absolute atomic E-state index is 0.164. The van der Waals surface area contributed by atoms with E-state index in [-0.39, 0.29) is 5.91 Å². The van der Waals surface area contributed by atoms with Gasteiger partial charge in [0, 0.05) is 36.4 Å². The SMILES string of the molecule is O=C(Cc1cccnc1)N1CCC(c2ccccc2Cl)C1. The van der Waals surface area contributed by atoms with Crippen molar-refractivity contribution in [1.29, 1.82) is 0 Å². The lowest BCUT2D eigenvalue weighted by atomic mass is 9.98. The molecule has 4 heteroatoms. The molecule has 3 nitrogen and oxygen atoms in total. The lowest BCUT2D eigenvalue weighted by Gasteiger charge is -2.17. The van der Waals surface area contributed by atoms with Gasteiger partial charge in [-0.05, 0) is 29.7 Å². The smallest absolute Gasteiger partial charge is 0.227 e. The molecule has 0 saturated carbocycles. The number of benzene rings is 1. The monoisotopic (exact) mass is 300 g/mol. The molecule has 1 aliphatic heterocycles. The Balaban J connectivity index is 1.64. The van der Waals surface area contributed by atoms with Crippen LogP contribution in [-0.2, 0) is 11.2 Å². The molecule has 0 aliphatic carbocycles. The van der Waals surface area contributed by atoms with Crippen LogP contribution >= 0.6 is 11.6 Å². The molecule has 1 unspecified atom stereocenters. The molecular weight excluding hydrogens is 284 g/mol. The van der Waals surface area contributed by atoms with E-state index in [9.17, 15) is 4.79 Å². The van der Waals surface area contributed by atoms with Crippen LogP contribution in [0.25, 0.3) is 0 Å². The number of hydrogen-bond donors (Lipinski definition) is 0. The fourth-order valence-corrected chi connectivity index (χ4v) is 3.13. The standard InChI is InChI=1S/C17H17ClN2O/c18-16-6-2-1-5-15(16)14-7-9-20(12-14)17(21)10-13-4-3-8-19-11-13/h1-6,8,11,14H,7,9-10,12H2. The van der Waals surface area contributed by atoms with Gasteiger partial charge in [-0.25, -0.2) is 0 Å². The number of carbonyl (C=O) groups excluding carboxylic acids is 1. The van der Waals surface area contributed by atoms with E-state index < -0.39 is 0 Å². The molecule has 108 valence electrons. The summed E-state index contributed by atoms with van der Waals surface area (Å²) in [5.41, 5.74) is 2.11. The molecule has 2 aromatic rings. The van der Waals surface area contributed by atoms with Crippen molar-refractivity contribution in [3.8, 4) is 0 Å². The van der Waals surface area contributed by atoms with Crippen molar-refractivity contribution in [2.45, 2.75) is 18.8 Å². The molecule has 1 saturated heterocycles. The predicted molar refractivity (Wildman–Crippen MR) is 83.3 cm³/mol. The largest absolute Gasteiger partial charge is 0.342 e. The second kappa shape index (κ2) is 6.27. The summed E-state index contributed by atoms with van der Waals surface area (Å²) in [7, 11) is 0. The number of carbonyl (C=O) groups is 1. The van der Waals surface area contributed by atoms with Gasteiger partial charge in [0.05, 0.1) is 6.42 Å². The van der Waals surface area contributed by atoms with Gasteiger partial charge < -0.3 is 4.90 Å². The van der Waals surface area contributed by atoms with E-state index in [0.29, 0.717) is 12.3 Å². The number of hydrogen-bond acceptors (Lipinski definition) is 2. The van der Waals surface area contributed by atoms with Gasteiger partial charge in [-0.1, -0.05) is 35.9 Å². The number of pyridine rings is 1. The lowest BCUT2D eigenvalue weighted by Crippen LogP contribution is -2.29. The molecule has 1 fully saturated rings. The maximum Gasteiger partial charge on any atom is 0.227 e. The third-order valence-corrected chi connectivity index (χ3v) is 4.31. The number of aromatic nitrogens is 1. The molecule has 3 rings (SSSR count). The number of amides is 1. The zero-order valence-corrected chi connectivity index (χ0v) is 12.5. The topological polar surface area (TPSA) is 33.2 Å². The molecule has 0 radical (unpaired) electrons. The van der Waals surface area contributed by atoms with E-state index in [4.69, 9.17) is 11.6 Å². The van der Waals surface area contributed by atoms with Gasteiger partial charge in [-0.2, -0.15) is 0 Å². The van der Waals surface area contributed by atoms with Crippen LogP contribution in [-0.4, -0.2) is 28.9 Å². The number of likely N-dealkylation sites (tertiary alicyclic amines) is 1. The fraction of sp³-hybridized carbons (Fsp3) is 0.294.